The van der Waals surface area contributed by atoms with E-state index in [9.17, 15) is 0 Å². The molecule has 0 bridgehead atoms. The zero-order valence-electron chi connectivity index (χ0n) is 7.70. The van der Waals surface area contributed by atoms with Crippen molar-refractivity contribution in [2.24, 2.45) is 11.8 Å². The molecule has 3 N–H and O–H groups in total. The van der Waals surface area contributed by atoms with Gasteiger partial charge in [0, 0.05) is 11.6 Å². The van der Waals surface area contributed by atoms with E-state index in [1.165, 1.54) is 19.3 Å². The lowest BCUT2D eigenvalue weighted by Crippen LogP contribution is -2.30. The first-order valence-corrected chi connectivity index (χ1v) is 4.88. The van der Waals surface area contributed by atoms with Crippen LogP contribution in [0.5, 0.6) is 0 Å². The summed E-state index contributed by atoms with van der Waals surface area (Å²) in [5.41, 5.74) is 4.01. The molecule has 2 rings (SSSR count). The van der Waals surface area contributed by atoms with Gasteiger partial charge in [0.1, 0.15) is 0 Å². The molecule has 1 heterocycles. The van der Waals surface area contributed by atoms with Crippen molar-refractivity contribution in [3.05, 3.63) is 24.2 Å². The summed E-state index contributed by atoms with van der Waals surface area (Å²) in [6, 6.07) is 2.24. The maximum Gasteiger partial charge on any atom is 0.0950 e. The predicted octanol–water partition coefficient (Wildman–Crippen LogP) is 1.97. The molecule has 1 aliphatic rings. The monoisotopic (exact) mass is 180 g/mol. The predicted molar refractivity (Wildman–Crippen MR) is 50.7 cm³/mol. The molecule has 1 fully saturated rings. The number of hydrogen-bond donors (Lipinski definition) is 2. The second-order valence-corrected chi connectivity index (χ2v) is 3.81. The molecule has 1 aromatic rings. The van der Waals surface area contributed by atoms with Gasteiger partial charge in [0.15, 0.2) is 0 Å². The molecular formula is C10H16N2O. The number of rotatable bonds is 4. The third-order valence-electron chi connectivity index (χ3n) is 2.94. The fourth-order valence-electron chi connectivity index (χ4n) is 1.84. The Balaban J connectivity index is 1.92. The lowest BCUT2D eigenvalue weighted by atomic mass is 9.80. The van der Waals surface area contributed by atoms with Crippen LogP contribution < -0.4 is 11.3 Å². The molecule has 0 amide bonds. The van der Waals surface area contributed by atoms with Gasteiger partial charge in [0.05, 0.1) is 12.5 Å². The normalized spacial score (nSPS) is 19.8. The Hall–Kier alpha value is -0.800. The number of hydrogen-bond acceptors (Lipinski definition) is 3. The summed E-state index contributed by atoms with van der Waals surface area (Å²) < 4.78 is 5.03. The van der Waals surface area contributed by atoms with Crippen LogP contribution in [-0.4, -0.2) is 0 Å². The second-order valence-electron chi connectivity index (χ2n) is 3.81. The summed E-state index contributed by atoms with van der Waals surface area (Å²) in [6.45, 7) is 0. The van der Waals surface area contributed by atoms with Crippen molar-refractivity contribution in [3.63, 3.8) is 0 Å². The van der Waals surface area contributed by atoms with Crippen LogP contribution in [0.25, 0.3) is 0 Å². The summed E-state index contributed by atoms with van der Waals surface area (Å²) in [5.74, 6) is 6.36. The molecule has 1 aliphatic carbocycles. The molecule has 13 heavy (non-hydrogen) atoms. The van der Waals surface area contributed by atoms with Gasteiger partial charge in [0.2, 0.25) is 0 Å². The van der Waals surface area contributed by atoms with Crippen molar-refractivity contribution in [3.8, 4) is 0 Å². The van der Waals surface area contributed by atoms with Gasteiger partial charge < -0.3 is 4.42 Å². The quantitative estimate of drug-likeness (QED) is 0.550. The molecule has 72 valence electrons. The Labute approximate surface area is 78.3 Å². The number of hydrazine groups is 1. The van der Waals surface area contributed by atoms with E-state index in [2.05, 4.69) is 5.43 Å². The molecule has 1 saturated carbocycles. The Morgan fingerprint density at radius 2 is 2.46 bits per heavy atom. The minimum atomic E-state index is 0.268. The van der Waals surface area contributed by atoms with E-state index < -0.39 is 0 Å². The summed E-state index contributed by atoms with van der Waals surface area (Å²) in [4.78, 5) is 0. The van der Waals surface area contributed by atoms with Crippen molar-refractivity contribution < 1.29 is 4.42 Å². The van der Waals surface area contributed by atoms with Crippen molar-refractivity contribution in [2.75, 3.05) is 0 Å². The largest absolute Gasteiger partial charge is 0.472 e. The molecule has 0 saturated heterocycles. The number of furan rings is 1. The molecule has 1 atom stereocenters. The summed E-state index contributed by atoms with van der Waals surface area (Å²) in [5, 5.41) is 0. The van der Waals surface area contributed by atoms with Crippen LogP contribution in [-0.2, 0) is 0 Å². The molecule has 1 unspecified atom stereocenters. The lowest BCUT2D eigenvalue weighted by Gasteiger charge is -2.28. The highest BCUT2D eigenvalue weighted by Gasteiger charge is 2.22. The average Bonchev–Trinajstić information content (AvgIpc) is 2.55. The lowest BCUT2D eigenvalue weighted by molar-refractivity contribution is 0.261. The van der Waals surface area contributed by atoms with Crippen LogP contribution in [0, 0.1) is 5.92 Å². The zero-order valence-corrected chi connectivity index (χ0v) is 7.70. The maximum absolute atomic E-state index is 5.50. The van der Waals surface area contributed by atoms with Crippen LogP contribution in [0.15, 0.2) is 23.0 Å². The summed E-state index contributed by atoms with van der Waals surface area (Å²) in [7, 11) is 0. The average molecular weight is 180 g/mol. The minimum Gasteiger partial charge on any atom is -0.472 e. The maximum atomic E-state index is 5.50. The first kappa shape index (κ1) is 8.78. The third-order valence-corrected chi connectivity index (χ3v) is 2.94. The van der Waals surface area contributed by atoms with Gasteiger partial charge in [0.25, 0.3) is 0 Å². The van der Waals surface area contributed by atoms with Crippen LogP contribution in [0.4, 0.5) is 0 Å². The highest BCUT2D eigenvalue weighted by Crippen LogP contribution is 2.34. The molecule has 0 radical (unpaired) electrons. The molecule has 3 heteroatoms. The fourth-order valence-corrected chi connectivity index (χ4v) is 1.84. The second kappa shape index (κ2) is 3.94. The van der Waals surface area contributed by atoms with Crippen LogP contribution in [0.2, 0.25) is 0 Å². The molecular weight excluding hydrogens is 164 g/mol. The van der Waals surface area contributed by atoms with Gasteiger partial charge in [-0.2, -0.15) is 0 Å². The minimum absolute atomic E-state index is 0.268. The first-order chi connectivity index (χ1) is 6.40. The van der Waals surface area contributed by atoms with Crippen LogP contribution in [0.1, 0.15) is 37.3 Å². The highest BCUT2D eigenvalue weighted by atomic mass is 16.3. The van der Waals surface area contributed by atoms with Crippen molar-refractivity contribution in [2.45, 2.75) is 31.7 Å². The van der Waals surface area contributed by atoms with Crippen molar-refractivity contribution >= 4 is 0 Å². The van der Waals surface area contributed by atoms with Crippen molar-refractivity contribution in [1.82, 2.24) is 5.43 Å². The van der Waals surface area contributed by atoms with E-state index in [0.717, 1.165) is 17.9 Å². The molecule has 0 aliphatic heterocycles. The molecule has 1 aromatic heterocycles. The van der Waals surface area contributed by atoms with Gasteiger partial charge >= 0.3 is 0 Å². The van der Waals surface area contributed by atoms with Gasteiger partial charge in [-0.25, -0.2) is 0 Å². The van der Waals surface area contributed by atoms with E-state index in [-0.39, 0.29) is 6.04 Å². The van der Waals surface area contributed by atoms with E-state index >= 15 is 0 Å². The highest BCUT2D eigenvalue weighted by molar-refractivity contribution is 5.11. The van der Waals surface area contributed by atoms with E-state index in [4.69, 9.17) is 10.3 Å². The van der Waals surface area contributed by atoms with E-state index in [1.54, 1.807) is 12.5 Å². The van der Waals surface area contributed by atoms with Gasteiger partial charge in [-0.1, -0.05) is 19.3 Å². The Kier molecular flexibility index (Phi) is 2.66. The van der Waals surface area contributed by atoms with Crippen LogP contribution >= 0.6 is 0 Å². The molecule has 3 nitrogen and oxygen atoms in total. The van der Waals surface area contributed by atoms with Gasteiger partial charge in [-0.05, 0) is 18.4 Å². The van der Waals surface area contributed by atoms with E-state index in [0.29, 0.717) is 0 Å². The van der Waals surface area contributed by atoms with Gasteiger partial charge in [-0.3, -0.25) is 11.3 Å². The number of nitrogens with one attached hydrogen (secondary N) is 1. The van der Waals surface area contributed by atoms with E-state index in [1.807, 2.05) is 6.07 Å². The van der Waals surface area contributed by atoms with Gasteiger partial charge in [-0.15, -0.1) is 0 Å². The third kappa shape index (κ3) is 1.92. The molecule has 0 aromatic carbocycles. The Bertz CT molecular complexity index is 241. The van der Waals surface area contributed by atoms with Crippen LogP contribution in [0.3, 0.4) is 0 Å². The fraction of sp³-hybridized carbons (Fsp3) is 0.600. The smallest absolute Gasteiger partial charge is 0.0950 e. The standard InChI is InChI=1S/C10H16N2O/c11-12-10(6-8-2-1-3-8)9-4-5-13-7-9/h4-5,7-8,10,12H,1-3,6,11H2. The summed E-state index contributed by atoms with van der Waals surface area (Å²) in [6.07, 6.45) is 8.69. The Morgan fingerprint density at radius 3 is 2.92 bits per heavy atom. The zero-order chi connectivity index (χ0) is 9.10. The first-order valence-electron chi connectivity index (χ1n) is 4.88. The SMILES string of the molecule is NNC(CC1CCC1)c1ccoc1. The molecule has 0 spiro atoms. The topological polar surface area (TPSA) is 51.2 Å². The summed E-state index contributed by atoms with van der Waals surface area (Å²) >= 11 is 0. The van der Waals surface area contributed by atoms with Crippen molar-refractivity contribution in [1.29, 1.82) is 0 Å². The number of nitrogens with two attached hydrogens (primary N) is 1. The Morgan fingerprint density at radius 1 is 1.62 bits per heavy atom.